The normalized spacial score (nSPS) is 10.6. The Morgan fingerprint density at radius 3 is 2.92 bits per heavy atom. The van der Waals surface area contributed by atoms with E-state index in [1.165, 1.54) is 23.3 Å². The Labute approximate surface area is 141 Å². The monoisotopic (exact) mass is 348 g/mol. The zero-order valence-electron chi connectivity index (χ0n) is 12.5. The summed E-state index contributed by atoms with van der Waals surface area (Å²) in [5.41, 5.74) is 0.431. The van der Waals surface area contributed by atoms with Gasteiger partial charge in [-0.2, -0.15) is 10.2 Å². The van der Waals surface area contributed by atoms with Gasteiger partial charge in [-0.3, -0.25) is 19.4 Å². The molecule has 0 unspecified atom stereocenters. The summed E-state index contributed by atoms with van der Waals surface area (Å²) < 4.78 is 6.57. The zero-order chi connectivity index (χ0) is 17.1. The molecule has 9 nitrogen and oxygen atoms in total. The Morgan fingerprint density at radius 2 is 2.25 bits per heavy atom. The number of hydrogen-bond acceptors (Lipinski definition) is 5. The molecule has 0 atom stereocenters. The Bertz CT molecular complexity index is 867. The standard InChI is InChI=1S/C14H13ClN6O3/c1-21-7-10(18-14(23)11-9(15)6-17-19-11)12(20-21)13(22)16-5-8-3-2-4-24-8/h2-4,6-7H,5H2,1H3,(H,16,22)(H,17,19)(H,18,23). The molecule has 0 spiro atoms. The van der Waals surface area contributed by atoms with Crippen LogP contribution in [0.15, 0.2) is 35.2 Å². The smallest absolute Gasteiger partial charge is 0.275 e. The number of amides is 2. The third kappa shape index (κ3) is 3.30. The summed E-state index contributed by atoms with van der Waals surface area (Å²) in [6, 6.07) is 3.46. The first-order valence-corrected chi connectivity index (χ1v) is 7.27. The van der Waals surface area contributed by atoms with E-state index in [9.17, 15) is 9.59 Å². The molecule has 0 saturated heterocycles. The van der Waals surface area contributed by atoms with Crippen molar-refractivity contribution in [3.05, 3.63) is 53.0 Å². The minimum Gasteiger partial charge on any atom is -0.467 e. The molecule has 24 heavy (non-hydrogen) atoms. The maximum absolute atomic E-state index is 12.3. The summed E-state index contributed by atoms with van der Waals surface area (Å²) in [6.45, 7) is 0.210. The van der Waals surface area contributed by atoms with E-state index >= 15 is 0 Å². The van der Waals surface area contributed by atoms with Crippen LogP contribution in [0.4, 0.5) is 5.69 Å². The molecule has 0 saturated carbocycles. The molecule has 0 aliphatic heterocycles. The second kappa shape index (κ2) is 6.59. The van der Waals surface area contributed by atoms with Gasteiger partial charge in [0.1, 0.15) is 11.5 Å². The number of aromatic nitrogens is 4. The number of nitrogens with zero attached hydrogens (tertiary/aromatic N) is 3. The van der Waals surface area contributed by atoms with Crippen LogP contribution in [-0.4, -0.2) is 31.8 Å². The summed E-state index contributed by atoms with van der Waals surface area (Å²) in [5, 5.41) is 15.7. The number of nitrogens with one attached hydrogen (secondary N) is 3. The predicted octanol–water partition coefficient (Wildman–Crippen LogP) is 1.57. The molecular formula is C14H13ClN6O3. The Hall–Kier alpha value is -3.07. The number of carbonyl (C=O) groups excluding carboxylic acids is 2. The largest absolute Gasteiger partial charge is 0.467 e. The maximum Gasteiger partial charge on any atom is 0.275 e. The third-order valence-electron chi connectivity index (χ3n) is 3.12. The van der Waals surface area contributed by atoms with Crippen molar-refractivity contribution < 1.29 is 14.0 Å². The first kappa shape index (κ1) is 15.8. The van der Waals surface area contributed by atoms with Crippen molar-refractivity contribution in [3.63, 3.8) is 0 Å². The lowest BCUT2D eigenvalue weighted by atomic mass is 10.3. The quantitative estimate of drug-likeness (QED) is 0.647. The van der Waals surface area contributed by atoms with E-state index in [0.29, 0.717) is 5.76 Å². The fourth-order valence-electron chi connectivity index (χ4n) is 2.03. The minimum absolute atomic E-state index is 0.0769. The maximum atomic E-state index is 12.3. The average Bonchev–Trinajstić information content (AvgIpc) is 3.26. The molecule has 3 aromatic rings. The summed E-state index contributed by atoms with van der Waals surface area (Å²) in [4.78, 5) is 24.5. The van der Waals surface area contributed by atoms with Gasteiger partial charge in [0, 0.05) is 13.2 Å². The van der Waals surface area contributed by atoms with Crippen molar-refractivity contribution in [1.29, 1.82) is 0 Å². The van der Waals surface area contributed by atoms with Crippen LogP contribution in [0.2, 0.25) is 5.02 Å². The Kier molecular flexibility index (Phi) is 4.34. The molecule has 0 aromatic carbocycles. The number of furan rings is 1. The topological polar surface area (TPSA) is 118 Å². The molecule has 2 amide bonds. The molecule has 3 rings (SSSR count). The molecule has 0 radical (unpaired) electrons. The lowest BCUT2D eigenvalue weighted by Gasteiger charge is -2.05. The molecule has 3 aromatic heterocycles. The summed E-state index contributed by atoms with van der Waals surface area (Å²) >= 11 is 5.85. The number of H-pyrrole nitrogens is 1. The molecule has 0 aliphatic carbocycles. The van der Waals surface area contributed by atoms with Gasteiger partial charge < -0.3 is 15.1 Å². The van der Waals surface area contributed by atoms with Crippen molar-refractivity contribution in [3.8, 4) is 0 Å². The molecule has 0 fully saturated rings. The van der Waals surface area contributed by atoms with Gasteiger partial charge in [-0.1, -0.05) is 11.6 Å². The number of aryl methyl sites for hydroxylation is 1. The number of anilines is 1. The number of hydrogen-bond donors (Lipinski definition) is 3. The fraction of sp³-hybridized carbons (Fsp3) is 0.143. The van der Waals surface area contributed by atoms with Crippen LogP contribution in [0.1, 0.15) is 26.7 Å². The zero-order valence-corrected chi connectivity index (χ0v) is 13.3. The van der Waals surface area contributed by atoms with E-state index < -0.39 is 11.8 Å². The highest BCUT2D eigenvalue weighted by molar-refractivity contribution is 6.34. The van der Waals surface area contributed by atoms with Crippen LogP contribution in [0.25, 0.3) is 0 Å². The summed E-state index contributed by atoms with van der Waals surface area (Å²) in [7, 11) is 1.64. The molecule has 0 aliphatic rings. The Balaban J connectivity index is 1.74. The van der Waals surface area contributed by atoms with E-state index in [0.717, 1.165) is 0 Å². The first-order chi connectivity index (χ1) is 11.5. The summed E-state index contributed by atoms with van der Waals surface area (Å²) in [6.07, 6.45) is 4.35. The van der Waals surface area contributed by atoms with E-state index in [-0.39, 0.29) is 28.6 Å². The lowest BCUT2D eigenvalue weighted by Crippen LogP contribution is -2.25. The number of carbonyl (C=O) groups is 2. The minimum atomic E-state index is -0.523. The van der Waals surface area contributed by atoms with Crippen LogP contribution in [-0.2, 0) is 13.6 Å². The number of aromatic amines is 1. The van der Waals surface area contributed by atoms with Crippen LogP contribution in [0.5, 0.6) is 0 Å². The fourth-order valence-corrected chi connectivity index (χ4v) is 2.20. The van der Waals surface area contributed by atoms with Crippen LogP contribution in [0, 0.1) is 0 Å². The van der Waals surface area contributed by atoms with Crippen LogP contribution >= 0.6 is 11.6 Å². The number of rotatable bonds is 5. The third-order valence-corrected chi connectivity index (χ3v) is 3.40. The van der Waals surface area contributed by atoms with Gasteiger partial charge in [-0.25, -0.2) is 0 Å². The molecule has 3 heterocycles. The lowest BCUT2D eigenvalue weighted by molar-refractivity contribution is 0.0943. The SMILES string of the molecule is Cn1cc(NC(=O)c2[nH]ncc2Cl)c(C(=O)NCc2ccco2)n1. The van der Waals surface area contributed by atoms with Crippen molar-refractivity contribution in [2.24, 2.45) is 7.05 Å². The van der Waals surface area contributed by atoms with Gasteiger partial charge in [0.25, 0.3) is 11.8 Å². The molecule has 10 heteroatoms. The molecule has 0 bridgehead atoms. The summed E-state index contributed by atoms with van der Waals surface area (Å²) in [5.74, 6) is -0.363. The van der Waals surface area contributed by atoms with Crippen LogP contribution < -0.4 is 10.6 Å². The average molecular weight is 349 g/mol. The second-order valence-electron chi connectivity index (χ2n) is 4.87. The first-order valence-electron chi connectivity index (χ1n) is 6.89. The molecule has 124 valence electrons. The van der Waals surface area contributed by atoms with Gasteiger partial charge >= 0.3 is 0 Å². The predicted molar refractivity (Wildman–Crippen MR) is 84.6 cm³/mol. The highest BCUT2D eigenvalue weighted by Crippen LogP contribution is 2.17. The van der Waals surface area contributed by atoms with Crippen LogP contribution in [0.3, 0.4) is 0 Å². The van der Waals surface area contributed by atoms with E-state index in [2.05, 4.69) is 25.9 Å². The van der Waals surface area contributed by atoms with Gasteiger partial charge in [-0.05, 0) is 12.1 Å². The van der Waals surface area contributed by atoms with E-state index in [1.54, 1.807) is 19.2 Å². The Morgan fingerprint density at radius 1 is 1.42 bits per heavy atom. The second-order valence-corrected chi connectivity index (χ2v) is 5.28. The van der Waals surface area contributed by atoms with Gasteiger partial charge in [0.05, 0.1) is 29.7 Å². The van der Waals surface area contributed by atoms with E-state index in [1.807, 2.05) is 0 Å². The number of halogens is 1. The van der Waals surface area contributed by atoms with Crippen molar-refractivity contribution in [2.75, 3.05) is 5.32 Å². The van der Waals surface area contributed by atoms with Gasteiger partial charge in [-0.15, -0.1) is 0 Å². The highest BCUT2D eigenvalue weighted by Gasteiger charge is 2.20. The van der Waals surface area contributed by atoms with E-state index in [4.69, 9.17) is 16.0 Å². The highest BCUT2D eigenvalue weighted by atomic mass is 35.5. The molecule has 3 N–H and O–H groups in total. The van der Waals surface area contributed by atoms with Gasteiger partial charge in [0.15, 0.2) is 5.69 Å². The van der Waals surface area contributed by atoms with Crippen molar-refractivity contribution >= 4 is 29.1 Å². The van der Waals surface area contributed by atoms with Gasteiger partial charge in [0.2, 0.25) is 0 Å². The van der Waals surface area contributed by atoms with Crippen molar-refractivity contribution in [1.82, 2.24) is 25.3 Å². The molecular weight excluding hydrogens is 336 g/mol. The van der Waals surface area contributed by atoms with Crippen molar-refractivity contribution in [2.45, 2.75) is 6.54 Å².